The molecule has 1 heterocycles. The van der Waals surface area contributed by atoms with E-state index in [9.17, 15) is 26.7 Å². The lowest BCUT2D eigenvalue weighted by molar-refractivity contribution is -0.276. The molecule has 1 rings (SSSR count). The summed E-state index contributed by atoms with van der Waals surface area (Å²) in [6, 6.07) is 0. The number of aromatic hydroxyl groups is 1. The minimum absolute atomic E-state index is 0.536. The fourth-order valence-corrected chi connectivity index (χ4v) is 1.85. The van der Waals surface area contributed by atoms with Crippen LogP contribution < -0.4 is 14.6 Å². The molecule has 0 aliphatic rings. The van der Waals surface area contributed by atoms with Crippen LogP contribution in [0.1, 0.15) is 0 Å². The Hall–Kier alpha value is -1.75. The summed E-state index contributed by atoms with van der Waals surface area (Å²) >= 11 is 0. The lowest BCUT2D eigenvalue weighted by Crippen LogP contribution is -2.22. The van der Waals surface area contributed by atoms with Crippen molar-refractivity contribution in [1.82, 2.24) is 4.98 Å². The molecule has 3 N–H and O–H groups in total. The highest BCUT2D eigenvalue weighted by molar-refractivity contribution is 7.89. The van der Waals surface area contributed by atoms with Gasteiger partial charge in [-0.1, -0.05) is 0 Å². The summed E-state index contributed by atoms with van der Waals surface area (Å²) in [6.07, 6.45) is -4.68. The first-order chi connectivity index (χ1) is 8.06. The van der Waals surface area contributed by atoms with Gasteiger partial charge in [0, 0.05) is 0 Å². The van der Waals surface area contributed by atoms with Crippen molar-refractivity contribution in [3.63, 3.8) is 0 Å². The summed E-state index contributed by atoms with van der Waals surface area (Å²) in [7, 11) is -3.68. The minimum atomic E-state index is -5.22. The van der Waals surface area contributed by atoms with Gasteiger partial charge in [-0.15, -0.1) is 13.2 Å². The molecule has 0 aliphatic carbocycles. The van der Waals surface area contributed by atoms with Crippen LogP contribution in [0.25, 0.3) is 0 Å². The minimum Gasteiger partial charge on any atom is -0.503 e. The van der Waals surface area contributed by atoms with Gasteiger partial charge in [0.25, 0.3) is 0 Å². The number of hydrogen-bond acceptors (Lipinski definition) is 6. The Bertz CT molecular complexity index is 557. The summed E-state index contributed by atoms with van der Waals surface area (Å²) in [4.78, 5) is 2.08. The standard InChI is InChI=1S/C7H7F3N2O5S/c1-16-6-5(18(11,14)15)4(3(13)2-12-6)17-7(8,9)10/h2,13H,1H3,(H2,11,14,15). The van der Waals surface area contributed by atoms with Crippen molar-refractivity contribution >= 4 is 10.0 Å². The molecule has 18 heavy (non-hydrogen) atoms. The van der Waals surface area contributed by atoms with Gasteiger partial charge in [-0.25, -0.2) is 18.5 Å². The first-order valence-corrected chi connectivity index (χ1v) is 5.65. The van der Waals surface area contributed by atoms with Crippen LogP contribution >= 0.6 is 0 Å². The van der Waals surface area contributed by atoms with Gasteiger partial charge >= 0.3 is 6.36 Å². The van der Waals surface area contributed by atoms with Crippen LogP contribution in [0.4, 0.5) is 13.2 Å². The third-order valence-electron chi connectivity index (χ3n) is 1.63. The fraction of sp³-hybridized carbons (Fsp3) is 0.286. The number of alkyl halides is 3. The summed E-state index contributed by atoms with van der Waals surface area (Å²) < 4.78 is 66.5. The molecule has 0 atom stereocenters. The van der Waals surface area contributed by atoms with Crippen molar-refractivity contribution in [3.8, 4) is 17.4 Å². The van der Waals surface area contributed by atoms with E-state index >= 15 is 0 Å². The van der Waals surface area contributed by atoms with Crippen LogP contribution in [0.2, 0.25) is 0 Å². The van der Waals surface area contributed by atoms with E-state index in [4.69, 9.17) is 5.14 Å². The second kappa shape index (κ2) is 4.49. The number of nitrogens with zero attached hydrogens (tertiary/aromatic N) is 1. The third-order valence-corrected chi connectivity index (χ3v) is 2.56. The molecule has 0 amide bonds. The van der Waals surface area contributed by atoms with E-state index in [2.05, 4.69) is 14.5 Å². The number of ether oxygens (including phenoxy) is 2. The average Bonchev–Trinajstić information content (AvgIpc) is 2.17. The molecule has 0 saturated heterocycles. The molecule has 0 aliphatic heterocycles. The molecule has 0 fully saturated rings. The Kier molecular flexibility index (Phi) is 3.57. The average molecular weight is 288 g/mol. The molecule has 0 unspecified atom stereocenters. The first kappa shape index (κ1) is 14.3. The number of methoxy groups -OCH3 is 1. The van der Waals surface area contributed by atoms with E-state index in [1.54, 1.807) is 0 Å². The maximum absolute atomic E-state index is 12.1. The predicted octanol–water partition coefficient (Wildman–Crippen LogP) is 0.342. The maximum atomic E-state index is 12.1. The number of hydrogen-bond donors (Lipinski definition) is 2. The molecular weight excluding hydrogens is 281 g/mol. The normalized spacial score (nSPS) is 12.3. The van der Waals surface area contributed by atoms with E-state index < -0.39 is 38.7 Å². The Morgan fingerprint density at radius 2 is 2.00 bits per heavy atom. The summed E-state index contributed by atoms with van der Waals surface area (Å²) in [5.41, 5.74) is 0. The lowest BCUT2D eigenvalue weighted by atomic mass is 10.4. The molecule has 102 valence electrons. The van der Waals surface area contributed by atoms with E-state index in [-0.39, 0.29) is 0 Å². The van der Waals surface area contributed by atoms with Crippen LogP contribution in [-0.4, -0.2) is 32.0 Å². The van der Waals surface area contributed by atoms with Crippen molar-refractivity contribution in [1.29, 1.82) is 0 Å². The number of halogens is 3. The van der Waals surface area contributed by atoms with Gasteiger partial charge in [0.05, 0.1) is 13.3 Å². The molecule has 0 saturated carbocycles. The zero-order valence-electron chi connectivity index (χ0n) is 8.72. The van der Waals surface area contributed by atoms with Gasteiger partial charge in [-0.05, 0) is 0 Å². The van der Waals surface area contributed by atoms with Gasteiger partial charge in [-0.2, -0.15) is 0 Å². The summed E-state index contributed by atoms with van der Waals surface area (Å²) in [5.74, 6) is -3.26. The molecule has 0 bridgehead atoms. The Labute approximate surface area is 99.0 Å². The number of primary sulfonamides is 1. The van der Waals surface area contributed by atoms with Crippen LogP contribution in [0.3, 0.4) is 0 Å². The van der Waals surface area contributed by atoms with E-state index in [0.717, 1.165) is 7.11 Å². The highest BCUT2D eigenvalue weighted by atomic mass is 32.2. The van der Waals surface area contributed by atoms with Crippen LogP contribution in [0, 0.1) is 0 Å². The van der Waals surface area contributed by atoms with E-state index in [1.807, 2.05) is 0 Å². The molecule has 0 spiro atoms. The lowest BCUT2D eigenvalue weighted by Gasteiger charge is -2.14. The second-order valence-electron chi connectivity index (χ2n) is 2.90. The maximum Gasteiger partial charge on any atom is 0.573 e. The third kappa shape index (κ3) is 3.13. The van der Waals surface area contributed by atoms with Crippen molar-refractivity contribution in [2.75, 3.05) is 7.11 Å². The molecular formula is C7H7F3N2O5S. The van der Waals surface area contributed by atoms with E-state index in [1.165, 1.54) is 0 Å². The Morgan fingerprint density at radius 3 is 2.39 bits per heavy atom. The van der Waals surface area contributed by atoms with Gasteiger partial charge < -0.3 is 14.6 Å². The van der Waals surface area contributed by atoms with Crippen LogP contribution in [-0.2, 0) is 10.0 Å². The highest BCUT2D eigenvalue weighted by Gasteiger charge is 2.37. The quantitative estimate of drug-likeness (QED) is 0.829. The van der Waals surface area contributed by atoms with Crippen molar-refractivity contribution < 1.29 is 36.2 Å². The number of sulfonamides is 1. The van der Waals surface area contributed by atoms with Gasteiger partial charge in [-0.3, -0.25) is 0 Å². The zero-order valence-corrected chi connectivity index (χ0v) is 9.54. The Balaban J connectivity index is 3.57. The fourth-order valence-electron chi connectivity index (χ4n) is 1.06. The second-order valence-corrected chi connectivity index (χ2v) is 4.40. The van der Waals surface area contributed by atoms with Crippen molar-refractivity contribution in [2.24, 2.45) is 5.14 Å². The molecule has 7 nitrogen and oxygen atoms in total. The topological polar surface area (TPSA) is 112 Å². The molecule has 1 aromatic rings. The molecule has 0 radical (unpaired) electrons. The number of rotatable bonds is 3. The van der Waals surface area contributed by atoms with Gasteiger partial charge in [0.1, 0.15) is 0 Å². The summed E-state index contributed by atoms with van der Waals surface area (Å²) in [6.45, 7) is 0. The number of pyridine rings is 1. The van der Waals surface area contributed by atoms with Crippen LogP contribution in [0.5, 0.6) is 17.4 Å². The molecule has 1 aromatic heterocycles. The summed E-state index contributed by atoms with van der Waals surface area (Å²) in [5, 5.41) is 13.9. The van der Waals surface area contributed by atoms with Gasteiger partial charge in [0.15, 0.2) is 16.4 Å². The van der Waals surface area contributed by atoms with Crippen LogP contribution in [0.15, 0.2) is 11.1 Å². The van der Waals surface area contributed by atoms with E-state index in [0.29, 0.717) is 6.20 Å². The number of aromatic nitrogens is 1. The molecule has 11 heteroatoms. The highest BCUT2D eigenvalue weighted by Crippen LogP contribution is 2.40. The first-order valence-electron chi connectivity index (χ1n) is 4.10. The van der Waals surface area contributed by atoms with Crippen molar-refractivity contribution in [3.05, 3.63) is 6.20 Å². The Morgan fingerprint density at radius 1 is 1.44 bits per heavy atom. The predicted molar refractivity (Wildman–Crippen MR) is 50.5 cm³/mol. The smallest absolute Gasteiger partial charge is 0.503 e. The zero-order chi connectivity index (χ0) is 14.1. The van der Waals surface area contributed by atoms with Gasteiger partial charge in [0.2, 0.25) is 15.9 Å². The SMILES string of the molecule is COc1ncc(O)c(OC(F)(F)F)c1S(N)(=O)=O. The number of nitrogens with two attached hydrogens (primary N) is 1. The molecule has 0 aromatic carbocycles. The van der Waals surface area contributed by atoms with Crippen molar-refractivity contribution in [2.45, 2.75) is 11.3 Å². The monoisotopic (exact) mass is 288 g/mol. The largest absolute Gasteiger partial charge is 0.573 e.